The maximum atomic E-state index is 12.9. The number of anilines is 2. The highest BCUT2D eigenvalue weighted by Crippen LogP contribution is 2.38. The van der Waals surface area contributed by atoms with E-state index in [-0.39, 0.29) is 17.4 Å². The number of benzene rings is 2. The quantitative estimate of drug-likeness (QED) is 0.716. The van der Waals surface area contributed by atoms with E-state index in [0.29, 0.717) is 29.6 Å². The zero-order valence-corrected chi connectivity index (χ0v) is 19.0. The molecule has 30 heavy (non-hydrogen) atoms. The maximum Gasteiger partial charge on any atom is 0.261 e. The number of carbonyl (C=O) groups is 1. The van der Waals surface area contributed by atoms with Gasteiger partial charge >= 0.3 is 0 Å². The molecule has 0 bridgehead atoms. The van der Waals surface area contributed by atoms with Crippen LogP contribution in [0.5, 0.6) is 5.75 Å². The van der Waals surface area contributed by atoms with Gasteiger partial charge in [0.05, 0.1) is 21.7 Å². The van der Waals surface area contributed by atoms with Crippen LogP contribution in [0.15, 0.2) is 47.4 Å². The summed E-state index contributed by atoms with van der Waals surface area (Å²) in [4.78, 5) is 14.9. The standard InChI is InChI=1S/C23H30N2O4S/c1-6-13-25-20-12-9-18(14-21(20)29-15-23(4,5)22(25)26)24-30(27,28)19-10-7-17(8-11-19)16(2)3/h7-12,14,16,24H,6,13,15H2,1-5H3. The molecule has 0 radical (unpaired) electrons. The van der Waals surface area contributed by atoms with Crippen LogP contribution in [0.25, 0.3) is 0 Å². The van der Waals surface area contributed by atoms with Crippen molar-refractivity contribution in [2.75, 3.05) is 22.8 Å². The first-order chi connectivity index (χ1) is 14.0. The van der Waals surface area contributed by atoms with Crippen molar-refractivity contribution in [2.24, 2.45) is 5.41 Å². The summed E-state index contributed by atoms with van der Waals surface area (Å²) in [6.45, 7) is 10.6. The molecule has 1 aliphatic rings. The van der Waals surface area contributed by atoms with Gasteiger partial charge in [0.2, 0.25) is 5.91 Å². The third-order valence-corrected chi connectivity index (χ3v) is 6.62. The molecule has 1 N–H and O–H groups in total. The molecule has 2 aromatic carbocycles. The van der Waals surface area contributed by atoms with Gasteiger partial charge in [0.15, 0.2) is 0 Å². The van der Waals surface area contributed by atoms with Crippen LogP contribution in [0.1, 0.15) is 52.5 Å². The van der Waals surface area contributed by atoms with Gasteiger partial charge in [-0.2, -0.15) is 0 Å². The average molecular weight is 431 g/mol. The molecule has 1 heterocycles. The number of amides is 1. The van der Waals surface area contributed by atoms with E-state index in [1.807, 2.05) is 32.9 Å². The Kier molecular flexibility index (Phi) is 6.13. The van der Waals surface area contributed by atoms with Gasteiger partial charge in [-0.3, -0.25) is 9.52 Å². The minimum absolute atomic E-state index is 0.00155. The van der Waals surface area contributed by atoms with Crippen molar-refractivity contribution in [3.8, 4) is 5.75 Å². The number of rotatable bonds is 6. The van der Waals surface area contributed by atoms with Crippen LogP contribution in [0, 0.1) is 5.41 Å². The van der Waals surface area contributed by atoms with Gasteiger partial charge in [-0.05, 0) is 56.0 Å². The second kappa shape index (κ2) is 8.30. The number of carbonyl (C=O) groups excluding carboxylic acids is 1. The molecule has 1 aliphatic heterocycles. The van der Waals surface area contributed by atoms with Crippen molar-refractivity contribution in [3.05, 3.63) is 48.0 Å². The summed E-state index contributed by atoms with van der Waals surface area (Å²) in [6.07, 6.45) is 0.808. The Morgan fingerprint density at radius 2 is 1.80 bits per heavy atom. The SMILES string of the molecule is CCCN1C(=O)C(C)(C)COc2cc(NS(=O)(=O)c3ccc(C(C)C)cc3)ccc21. The molecule has 0 atom stereocenters. The third kappa shape index (κ3) is 4.46. The minimum atomic E-state index is -3.73. The summed E-state index contributed by atoms with van der Waals surface area (Å²) in [7, 11) is -3.73. The monoisotopic (exact) mass is 430 g/mol. The Bertz CT molecular complexity index is 1030. The predicted molar refractivity (Wildman–Crippen MR) is 120 cm³/mol. The first-order valence-corrected chi connectivity index (χ1v) is 11.7. The lowest BCUT2D eigenvalue weighted by atomic mass is 9.93. The summed E-state index contributed by atoms with van der Waals surface area (Å²) in [5, 5.41) is 0. The fourth-order valence-corrected chi connectivity index (χ4v) is 4.45. The smallest absolute Gasteiger partial charge is 0.261 e. The van der Waals surface area contributed by atoms with Crippen LogP contribution in [0.4, 0.5) is 11.4 Å². The van der Waals surface area contributed by atoms with Crippen molar-refractivity contribution in [1.82, 2.24) is 0 Å². The molecule has 2 aromatic rings. The second-order valence-corrected chi connectivity index (χ2v) is 10.3. The highest BCUT2D eigenvalue weighted by atomic mass is 32.2. The lowest BCUT2D eigenvalue weighted by Gasteiger charge is -2.27. The zero-order valence-electron chi connectivity index (χ0n) is 18.2. The number of fused-ring (bicyclic) bond motifs is 1. The topological polar surface area (TPSA) is 75.7 Å². The maximum absolute atomic E-state index is 12.9. The molecule has 162 valence electrons. The molecule has 7 heteroatoms. The highest BCUT2D eigenvalue weighted by molar-refractivity contribution is 7.92. The molecule has 0 aliphatic carbocycles. The summed E-state index contributed by atoms with van der Waals surface area (Å²) in [5.41, 5.74) is 1.48. The van der Waals surface area contributed by atoms with Crippen LogP contribution in [0.3, 0.4) is 0 Å². The third-order valence-electron chi connectivity index (χ3n) is 5.22. The van der Waals surface area contributed by atoms with E-state index in [2.05, 4.69) is 18.6 Å². The van der Waals surface area contributed by atoms with Crippen molar-refractivity contribution in [2.45, 2.75) is 51.9 Å². The van der Waals surface area contributed by atoms with Crippen molar-refractivity contribution in [3.63, 3.8) is 0 Å². The van der Waals surface area contributed by atoms with Crippen molar-refractivity contribution >= 4 is 27.3 Å². The van der Waals surface area contributed by atoms with Gasteiger partial charge in [0.1, 0.15) is 12.4 Å². The number of nitrogens with zero attached hydrogens (tertiary/aromatic N) is 1. The van der Waals surface area contributed by atoms with Gasteiger partial charge in [0.25, 0.3) is 10.0 Å². The summed E-state index contributed by atoms with van der Waals surface area (Å²) in [6, 6.07) is 11.9. The first kappa shape index (κ1) is 22.2. The number of ether oxygens (including phenoxy) is 1. The molecular weight excluding hydrogens is 400 g/mol. The molecule has 3 rings (SSSR count). The van der Waals surface area contributed by atoms with Crippen LogP contribution >= 0.6 is 0 Å². The van der Waals surface area contributed by atoms with E-state index in [1.54, 1.807) is 35.2 Å². The Balaban J connectivity index is 1.90. The predicted octanol–water partition coefficient (Wildman–Crippen LogP) is 4.77. The zero-order chi connectivity index (χ0) is 22.1. The van der Waals surface area contributed by atoms with E-state index in [1.165, 1.54) is 0 Å². The van der Waals surface area contributed by atoms with Gasteiger partial charge in [-0.25, -0.2) is 8.42 Å². The van der Waals surface area contributed by atoms with Gasteiger partial charge in [0, 0.05) is 12.6 Å². The van der Waals surface area contributed by atoms with Crippen LogP contribution in [0.2, 0.25) is 0 Å². The van der Waals surface area contributed by atoms with E-state index < -0.39 is 15.4 Å². The molecule has 6 nitrogen and oxygen atoms in total. The first-order valence-electron chi connectivity index (χ1n) is 10.3. The van der Waals surface area contributed by atoms with Crippen LogP contribution < -0.4 is 14.4 Å². The fraction of sp³-hybridized carbons (Fsp3) is 0.435. The fourth-order valence-electron chi connectivity index (χ4n) is 3.40. The van der Waals surface area contributed by atoms with Crippen molar-refractivity contribution in [1.29, 1.82) is 0 Å². The summed E-state index contributed by atoms with van der Waals surface area (Å²) < 4.78 is 34.2. The second-order valence-electron chi connectivity index (χ2n) is 8.64. The van der Waals surface area contributed by atoms with Crippen molar-refractivity contribution < 1.29 is 17.9 Å². The lowest BCUT2D eigenvalue weighted by Crippen LogP contribution is -2.42. The molecule has 0 aromatic heterocycles. The number of hydrogen-bond acceptors (Lipinski definition) is 4. The Hall–Kier alpha value is -2.54. The largest absolute Gasteiger partial charge is 0.490 e. The van der Waals surface area contributed by atoms with Gasteiger partial charge < -0.3 is 9.64 Å². The van der Waals surface area contributed by atoms with E-state index >= 15 is 0 Å². The Labute approximate surface area is 179 Å². The number of hydrogen-bond donors (Lipinski definition) is 1. The summed E-state index contributed by atoms with van der Waals surface area (Å²) in [5.74, 6) is 0.828. The average Bonchev–Trinajstić information content (AvgIpc) is 2.78. The highest BCUT2D eigenvalue weighted by Gasteiger charge is 2.37. The molecule has 0 spiro atoms. The van der Waals surface area contributed by atoms with Crippen LogP contribution in [-0.4, -0.2) is 27.5 Å². The van der Waals surface area contributed by atoms with E-state index in [0.717, 1.165) is 12.0 Å². The van der Waals surface area contributed by atoms with Gasteiger partial charge in [-0.1, -0.05) is 32.9 Å². The molecular formula is C23H30N2O4S. The molecule has 0 fully saturated rings. The number of sulfonamides is 1. The normalized spacial score (nSPS) is 16.1. The van der Waals surface area contributed by atoms with E-state index in [4.69, 9.17) is 4.74 Å². The Morgan fingerprint density at radius 1 is 1.13 bits per heavy atom. The molecule has 0 unspecified atom stereocenters. The molecule has 0 saturated carbocycles. The molecule has 0 saturated heterocycles. The van der Waals surface area contributed by atoms with Crippen LogP contribution in [-0.2, 0) is 14.8 Å². The number of nitrogens with one attached hydrogen (secondary N) is 1. The summed E-state index contributed by atoms with van der Waals surface area (Å²) >= 11 is 0. The van der Waals surface area contributed by atoms with E-state index in [9.17, 15) is 13.2 Å². The van der Waals surface area contributed by atoms with Gasteiger partial charge in [-0.15, -0.1) is 0 Å². The minimum Gasteiger partial charge on any atom is -0.490 e. The Morgan fingerprint density at radius 3 is 2.40 bits per heavy atom. The molecule has 1 amide bonds. The lowest BCUT2D eigenvalue weighted by molar-refractivity contribution is -0.127.